The Hall–Kier alpha value is -3.15. The van der Waals surface area contributed by atoms with E-state index in [0.29, 0.717) is 23.8 Å². The molecule has 1 heterocycles. The highest BCUT2D eigenvalue weighted by atomic mass is 19.1. The molecule has 2 aromatic carbocycles. The summed E-state index contributed by atoms with van der Waals surface area (Å²) < 4.78 is 20.3. The fraction of sp³-hybridized carbons (Fsp3) is 0.273. The van der Waals surface area contributed by atoms with Gasteiger partial charge in [0.05, 0.1) is 12.2 Å². The number of hydrogen-bond acceptors (Lipinski definition) is 3. The first-order chi connectivity index (χ1) is 13.5. The molecular weight excluding hydrogens is 355 g/mol. The molecule has 144 valence electrons. The van der Waals surface area contributed by atoms with Crippen LogP contribution >= 0.6 is 0 Å². The van der Waals surface area contributed by atoms with Gasteiger partial charge in [-0.15, -0.1) is 0 Å². The monoisotopic (exact) mass is 378 g/mol. The molecule has 1 fully saturated rings. The van der Waals surface area contributed by atoms with Crippen molar-refractivity contribution >= 4 is 5.96 Å². The Bertz CT molecular complexity index is 993. The molecular formula is C22H23FN4O. The second kappa shape index (κ2) is 7.11. The summed E-state index contributed by atoms with van der Waals surface area (Å²) in [6.45, 7) is 0.390. The standard InChI is InChI=1S/C22H23FN4O/c1-27(2)21(24)25-14-17-13-20(26-28-17)22(10-11-22)16-8-9-18(19(23)12-16)15-6-4-3-5-7-15/h3-9,12-13H,10-11,14H2,1-2H3,(H2,24,25). The van der Waals surface area contributed by atoms with E-state index in [9.17, 15) is 4.39 Å². The van der Waals surface area contributed by atoms with Gasteiger partial charge in [0, 0.05) is 31.1 Å². The maximum Gasteiger partial charge on any atom is 0.190 e. The third-order valence-electron chi connectivity index (χ3n) is 5.28. The van der Waals surface area contributed by atoms with Crippen LogP contribution in [-0.4, -0.2) is 30.1 Å². The normalized spacial score (nSPS) is 14.5. The Kier molecular flexibility index (Phi) is 4.63. The van der Waals surface area contributed by atoms with E-state index in [1.165, 1.54) is 0 Å². The van der Waals surface area contributed by atoms with E-state index in [1.54, 1.807) is 25.1 Å². The number of benzene rings is 2. The van der Waals surface area contributed by atoms with Gasteiger partial charge in [-0.1, -0.05) is 47.6 Å². The summed E-state index contributed by atoms with van der Waals surface area (Å²) in [6, 6.07) is 16.9. The number of guanidine groups is 1. The molecule has 0 bridgehead atoms. The fourth-order valence-corrected chi connectivity index (χ4v) is 3.43. The molecule has 1 saturated carbocycles. The molecule has 28 heavy (non-hydrogen) atoms. The van der Waals surface area contributed by atoms with Crippen LogP contribution in [0.5, 0.6) is 0 Å². The van der Waals surface area contributed by atoms with Crippen molar-refractivity contribution in [3.8, 4) is 11.1 Å². The summed E-state index contributed by atoms with van der Waals surface area (Å²) >= 11 is 0. The smallest absolute Gasteiger partial charge is 0.190 e. The van der Waals surface area contributed by atoms with E-state index in [0.717, 1.165) is 29.7 Å². The molecule has 0 amide bonds. The van der Waals surface area contributed by atoms with Gasteiger partial charge in [-0.05, 0) is 30.0 Å². The summed E-state index contributed by atoms with van der Waals surface area (Å²) in [7, 11) is 3.60. The average Bonchev–Trinajstić information content (AvgIpc) is 3.38. The minimum Gasteiger partial charge on any atom is -0.359 e. The maximum atomic E-state index is 14.8. The average molecular weight is 378 g/mol. The van der Waals surface area contributed by atoms with Crippen molar-refractivity contribution in [3.63, 3.8) is 0 Å². The molecule has 0 spiro atoms. The number of hydrogen-bond donors (Lipinski definition) is 2. The van der Waals surface area contributed by atoms with Crippen molar-refractivity contribution in [1.82, 2.24) is 15.4 Å². The van der Waals surface area contributed by atoms with Crippen molar-refractivity contribution in [2.24, 2.45) is 0 Å². The van der Waals surface area contributed by atoms with Gasteiger partial charge in [-0.2, -0.15) is 0 Å². The SMILES string of the molecule is CN(C)C(=N)NCc1cc(C2(c3ccc(-c4ccccc4)c(F)c3)CC2)no1. The highest BCUT2D eigenvalue weighted by Gasteiger charge is 2.48. The second-order valence-corrected chi connectivity index (χ2v) is 7.42. The molecule has 0 unspecified atom stereocenters. The Morgan fingerprint density at radius 1 is 1.18 bits per heavy atom. The quantitative estimate of drug-likeness (QED) is 0.517. The molecule has 1 aliphatic carbocycles. The number of halogens is 1. The van der Waals surface area contributed by atoms with Crippen molar-refractivity contribution < 1.29 is 8.91 Å². The molecule has 1 aliphatic rings. The van der Waals surface area contributed by atoms with Gasteiger partial charge in [0.15, 0.2) is 11.7 Å². The first-order valence-corrected chi connectivity index (χ1v) is 9.31. The van der Waals surface area contributed by atoms with Crippen LogP contribution in [-0.2, 0) is 12.0 Å². The molecule has 1 aromatic heterocycles. The molecule has 5 nitrogen and oxygen atoms in total. The van der Waals surface area contributed by atoms with Crippen LogP contribution in [0.25, 0.3) is 11.1 Å². The first-order valence-electron chi connectivity index (χ1n) is 9.31. The van der Waals surface area contributed by atoms with Crippen LogP contribution in [0.4, 0.5) is 4.39 Å². The van der Waals surface area contributed by atoms with Gasteiger partial charge in [0.1, 0.15) is 5.82 Å². The zero-order chi connectivity index (χ0) is 19.7. The van der Waals surface area contributed by atoms with Crippen molar-refractivity contribution in [1.29, 1.82) is 5.41 Å². The summed E-state index contributed by atoms with van der Waals surface area (Å²) in [5.74, 6) is 0.742. The molecule has 4 rings (SSSR count). The molecule has 0 saturated heterocycles. The second-order valence-electron chi connectivity index (χ2n) is 7.42. The van der Waals surface area contributed by atoms with Crippen LogP contribution in [0.1, 0.15) is 29.9 Å². The van der Waals surface area contributed by atoms with E-state index in [1.807, 2.05) is 48.5 Å². The lowest BCUT2D eigenvalue weighted by atomic mass is 9.90. The van der Waals surface area contributed by atoms with Crippen molar-refractivity contribution in [2.75, 3.05) is 14.1 Å². The van der Waals surface area contributed by atoms with Gasteiger partial charge in [-0.25, -0.2) is 4.39 Å². The number of nitrogens with one attached hydrogen (secondary N) is 2. The summed E-state index contributed by atoms with van der Waals surface area (Å²) in [5.41, 5.74) is 2.96. The molecule has 3 aromatic rings. The highest BCUT2D eigenvalue weighted by Crippen LogP contribution is 2.53. The fourth-order valence-electron chi connectivity index (χ4n) is 3.43. The zero-order valence-electron chi connectivity index (χ0n) is 16.0. The van der Waals surface area contributed by atoms with Crippen molar-refractivity contribution in [2.45, 2.75) is 24.8 Å². The minimum absolute atomic E-state index is 0.222. The lowest BCUT2D eigenvalue weighted by molar-refractivity contribution is 0.369. The Balaban J connectivity index is 1.55. The predicted octanol–water partition coefficient (Wildman–Crippen LogP) is 4.15. The van der Waals surface area contributed by atoms with E-state index >= 15 is 0 Å². The highest BCUT2D eigenvalue weighted by molar-refractivity contribution is 5.75. The third kappa shape index (κ3) is 3.38. The van der Waals surface area contributed by atoms with Crippen molar-refractivity contribution in [3.05, 3.63) is 77.4 Å². The van der Waals surface area contributed by atoms with E-state index in [2.05, 4.69) is 10.5 Å². The Morgan fingerprint density at radius 2 is 1.93 bits per heavy atom. The Morgan fingerprint density at radius 3 is 2.57 bits per heavy atom. The van der Waals surface area contributed by atoms with Crippen LogP contribution in [0.2, 0.25) is 0 Å². The molecule has 0 aliphatic heterocycles. The van der Waals surface area contributed by atoms with Gasteiger partial charge >= 0.3 is 0 Å². The lowest BCUT2D eigenvalue weighted by Gasteiger charge is -2.14. The third-order valence-corrected chi connectivity index (χ3v) is 5.28. The first kappa shape index (κ1) is 18.2. The molecule has 0 atom stereocenters. The summed E-state index contributed by atoms with van der Waals surface area (Å²) in [4.78, 5) is 1.68. The van der Waals surface area contributed by atoms with Gasteiger partial charge in [0.25, 0.3) is 0 Å². The molecule has 0 radical (unpaired) electrons. The van der Waals surface area contributed by atoms with E-state index in [4.69, 9.17) is 9.93 Å². The Labute approximate surface area is 163 Å². The number of aromatic nitrogens is 1. The molecule has 2 N–H and O–H groups in total. The van der Waals surface area contributed by atoms with Gasteiger partial charge < -0.3 is 14.7 Å². The number of nitrogens with zero attached hydrogens (tertiary/aromatic N) is 2. The molecule has 6 heteroatoms. The largest absolute Gasteiger partial charge is 0.359 e. The summed E-state index contributed by atoms with van der Waals surface area (Å²) in [5, 5.41) is 15.0. The van der Waals surface area contributed by atoms with Crippen LogP contribution in [0.3, 0.4) is 0 Å². The summed E-state index contributed by atoms with van der Waals surface area (Å²) in [6.07, 6.45) is 1.84. The topological polar surface area (TPSA) is 65.2 Å². The van der Waals surface area contributed by atoms with Crippen LogP contribution in [0, 0.1) is 11.2 Å². The maximum absolute atomic E-state index is 14.8. The van der Waals surface area contributed by atoms with Crippen LogP contribution < -0.4 is 5.32 Å². The van der Waals surface area contributed by atoms with E-state index < -0.39 is 0 Å². The van der Waals surface area contributed by atoms with Crippen LogP contribution in [0.15, 0.2) is 59.1 Å². The lowest BCUT2D eigenvalue weighted by Crippen LogP contribution is -2.34. The van der Waals surface area contributed by atoms with Gasteiger partial charge in [0.2, 0.25) is 0 Å². The predicted molar refractivity (Wildman–Crippen MR) is 107 cm³/mol. The number of rotatable bonds is 5. The minimum atomic E-state index is -0.271. The zero-order valence-corrected chi connectivity index (χ0v) is 16.0. The van der Waals surface area contributed by atoms with E-state index in [-0.39, 0.29) is 11.2 Å². The van der Waals surface area contributed by atoms with Gasteiger partial charge in [-0.3, -0.25) is 5.41 Å².